The van der Waals surface area contributed by atoms with E-state index in [0.29, 0.717) is 6.61 Å². The Hall–Kier alpha value is -3.07. The summed E-state index contributed by atoms with van der Waals surface area (Å²) in [5, 5.41) is 0. The third-order valence-electron chi connectivity index (χ3n) is 4.55. The summed E-state index contributed by atoms with van der Waals surface area (Å²) in [6.45, 7) is 5.43. The van der Waals surface area contributed by atoms with Gasteiger partial charge in [0.2, 0.25) is 0 Å². The molecule has 130 valence electrons. The lowest BCUT2D eigenvalue weighted by Crippen LogP contribution is -2.08. The first-order chi connectivity index (χ1) is 12.7. The molecule has 0 aliphatic carbocycles. The summed E-state index contributed by atoms with van der Waals surface area (Å²) in [7, 11) is 0. The van der Waals surface area contributed by atoms with Gasteiger partial charge in [0, 0.05) is 6.54 Å². The fourth-order valence-corrected chi connectivity index (χ4v) is 3.19. The van der Waals surface area contributed by atoms with Gasteiger partial charge in [-0.1, -0.05) is 59.7 Å². The van der Waals surface area contributed by atoms with Crippen molar-refractivity contribution in [2.75, 3.05) is 0 Å². The molecule has 0 unspecified atom stereocenters. The van der Waals surface area contributed by atoms with Crippen molar-refractivity contribution in [3.8, 4) is 5.75 Å². The largest absolute Gasteiger partial charge is 0.486 e. The molecule has 3 nitrogen and oxygen atoms in total. The standard InChI is InChI=1S/C23H22N2O/c1-17-10-12-20(13-11-17)26-16-23-24-21-8-3-4-9-22(21)25(23)15-19-7-5-6-18(2)14-19/h3-14H,15-16H2,1-2H3. The number of aryl methyl sites for hydroxylation is 2. The van der Waals surface area contributed by atoms with Gasteiger partial charge < -0.3 is 9.30 Å². The average Bonchev–Trinajstić information content (AvgIpc) is 2.99. The van der Waals surface area contributed by atoms with Gasteiger partial charge in [0.05, 0.1) is 11.0 Å². The Kier molecular flexibility index (Phi) is 4.44. The molecule has 0 saturated carbocycles. The van der Waals surface area contributed by atoms with E-state index in [1.165, 1.54) is 16.7 Å². The number of para-hydroxylation sites is 2. The van der Waals surface area contributed by atoms with Crippen LogP contribution in [0.15, 0.2) is 72.8 Å². The van der Waals surface area contributed by atoms with Crippen LogP contribution in [0.3, 0.4) is 0 Å². The van der Waals surface area contributed by atoms with E-state index in [1.54, 1.807) is 0 Å². The predicted molar refractivity (Wildman–Crippen MR) is 106 cm³/mol. The lowest BCUT2D eigenvalue weighted by atomic mass is 10.1. The topological polar surface area (TPSA) is 27.1 Å². The van der Waals surface area contributed by atoms with E-state index in [4.69, 9.17) is 9.72 Å². The molecule has 1 heterocycles. The minimum Gasteiger partial charge on any atom is -0.486 e. The maximum Gasteiger partial charge on any atom is 0.148 e. The highest BCUT2D eigenvalue weighted by Crippen LogP contribution is 2.20. The molecular weight excluding hydrogens is 320 g/mol. The van der Waals surface area contributed by atoms with Crippen LogP contribution in [0.2, 0.25) is 0 Å². The zero-order valence-corrected chi connectivity index (χ0v) is 15.1. The molecular formula is C23H22N2O. The predicted octanol–water partition coefficient (Wildman–Crippen LogP) is 5.28. The van der Waals surface area contributed by atoms with Gasteiger partial charge in [0.25, 0.3) is 0 Å². The van der Waals surface area contributed by atoms with Crippen LogP contribution in [0, 0.1) is 13.8 Å². The van der Waals surface area contributed by atoms with Crippen molar-refractivity contribution in [2.24, 2.45) is 0 Å². The Morgan fingerprint density at radius 1 is 0.846 bits per heavy atom. The summed E-state index contributed by atoms with van der Waals surface area (Å²) in [5.41, 5.74) is 5.90. The van der Waals surface area contributed by atoms with Gasteiger partial charge in [-0.2, -0.15) is 0 Å². The number of hydrogen-bond acceptors (Lipinski definition) is 2. The zero-order valence-electron chi connectivity index (χ0n) is 15.1. The molecule has 1 aromatic heterocycles. The summed E-state index contributed by atoms with van der Waals surface area (Å²) in [4.78, 5) is 4.80. The summed E-state index contributed by atoms with van der Waals surface area (Å²) in [6, 6.07) is 25.0. The normalized spacial score (nSPS) is 11.0. The van der Waals surface area contributed by atoms with Crippen molar-refractivity contribution < 1.29 is 4.74 Å². The molecule has 26 heavy (non-hydrogen) atoms. The van der Waals surface area contributed by atoms with Crippen LogP contribution in [0.5, 0.6) is 5.75 Å². The fourth-order valence-electron chi connectivity index (χ4n) is 3.19. The van der Waals surface area contributed by atoms with Crippen molar-refractivity contribution in [2.45, 2.75) is 27.0 Å². The number of hydrogen-bond donors (Lipinski definition) is 0. The molecule has 0 aliphatic rings. The highest BCUT2D eigenvalue weighted by Gasteiger charge is 2.11. The van der Waals surface area contributed by atoms with Gasteiger partial charge >= 0.3 is 0 Å². The van der Waals surface area contributed by atoms with Gasteiger partial charge in [-0.05, 0) is 43.7 Å². The van der Waals surface area contributed by atoms with Crippen LogP contribution in [0.1, 0.15) is 22.5 Å². The van der Waals surface area contributed by atoms with E-state index in [-0.39, 0.29) is 0 Å². The van der Waals surface area contributed by atoms with Crippen LogP contribution in [0.4, 0.5) is 0 Å². The van der Waals surface area contributed by atoms with Crippen LogP contribution in [0.25, 0.3) is 11.0 Å². The van der Waals surface area contributed by atoms with E-state index in [9.17, 15) is 0 Å². The third-order valence-corrected chi connectivity index (χ3v) is 4.55. The van der Waals surface area contributed by atoms with Gasteiger partial charge in [0.1, 0.15) is 18.2 Å². The second kappa shape index (κ2) is 7.04. The first-order valence-corrected chi connectivity index (χ1v) is 8.88. The van der Waals surface area contributed by atoms with Gasteiger partial charge in [0.15, 0.2) is 0 Å². The molecule has 0 fully saturated rings. The van der Waals surface area contributed by atoms with Crippen LogP contribution in [-0.2, 0) is 13.2 Å². The van der Waals surface area contributed by atoms with Crippen molar-refractivity contribution >= 4 is 11.0 Å². The molecule has 0 amide bonds. The summed E-state index contributed by atoms with van der Waals surface area (Å²) in [6.07, 6.45) is 0. The second-order valence-corrected chi connectivity index (χ2v) is 6.69. The van der Waals surface area contributed by atoms with Crippen molar-refractivity contribution in [1.82, 2.24) is 9.55 Å². The Morgan fingerprint density at radius 2 is 1.65 bits per heavy atom. The molecule has 3 heteroatoms. The minimum atomic E-state index is 0.448. The van der Waals surface area contributed by atoms with Crippen molar-refractivity contribution in [1.29, 1.82) is 0 Å². The summed E-state index contributed by atoms with van der Waals surface area (Å²) in [5.74, 6) is 1.80. The fraction of sp³-hybridized carbons (Fsp3) is 0.174. The molecule has 0 spiro atoms. The molecule has 0 radical (unpaired) electrons. The van der Waals surface area contributed by atoms with E-state index in [2.05, 4.69) is 73.0 Å². The number of benzene rings is 3. The van der Waals surface area contributed by atoms with Crippen LogP contribution >= 0.6 is 0 Å². The molecule has 4 aromatic rings. The van der Waals surface area contributed by atoms with Crippen LogP contribution < -0.4 is 4.74 Å². The first-order valence-electron chi connectivity index (χ1n) is 8.88. The van der Waals surface area contributed by atoms with Crippen molar-refractivity contribution in [3.05, 3.63) is 95.3 Å². The summed E-state index contributed by atoms with van der Waals surface area (Å²) < 4.78 is 8.24. The Morgan fingerprint density at radius 3 is 2.46 bits per heavy atom. The van der Waals surface area contributed by atoms with Gasteiger partial charge in [-0.15, -0.1) is 0 Å². The number of imidazole rings is 1. The molecule has 0 saturated heterocycles. The third kappa shape index (κ3) is 3.47. The van der Waals surface area contributed by atoms with Crippen molar-refractivity contribution in [3.63, 3.8) is 0 Å². The van der Waals surface area contributed by atoms with E-state index < -0.39 is 0 Å². The minimum absolute atomic E-state index is 0.448. The number of fused-ring (bicyclic) bond motifs is 1. The number of ether oxygens (including phenoxy) is 1. The molecule has 0 N–H and O–H groups in total. The Labute approximate surface area is 153 Å². The second-order valence-electron chi connectivity index (χ2n) is 6.69. The Balaban J connectivity index is 1.65. The zero-order chi connectivity index (χ0) is 17.9. The van der Waals surface area contributed by atoms with E-state index in [0.717, 1.165) is 29.2 Å². The number of nitrogens with zero attached hydrogens (tertiary/aromatic N) is 2. The van der Waals surface area contributed by atoms with Gasteiger partial charge in [-0.25, -0.2) is 4.98 Å². The lowest BCUT2D eigenvalue weighted by molar-refractivity contribution is 0.291. The molecule has 4 rings (SSSR count). The smallest absolute Gasteiger partial charge is 0.148 e. The Bertz CT molecular complexity index is 1030. The number of aromatic nitrogens is 2. The highest BCUT2D eigenvalue weighted by atomic mass is 16.5. The molecule has 0 bridgehead atoms. The summed E-state index contributed by atoms with van der Waals surface area (Å²) >= 11 is 0. The van der Waals surface area contributed by atoms with E-state index >= 15 is 0 Å². The quantitative estimate of drug-likeness (QED) is 0.493. The monoisotopic (exact) mass is 342 g/mol. The maximum absolute atomic E-state index is 6.00. The highest BCUT2D eigenvalue weighted by molar-refractivity contribution is 5.76. The maximum atomic E-state index is 6.00. The molecule has 0 aliphatic heterocycles. The SMILES string of the molecule is Cc1ccc(OCc2nc3ccccc3n2Cc2cccc(C)c2)cc1. The lowest BCUT2D eigenvalue weighted by Gasteiger charge is -2.11. The molecule has 0 atom stereocenters. The first kappa shape index (κ1) is 16.4. The van der Waals surface area contributed by atoms with Crippen LogP contribution in [-0.4, -0.2) is 9.55 Å². The number of rotatable bonds is 5. The van der Waals surface area contributed by atoms with E-state index in [1.807, 2.05) is 18.2 Å². The molecule has 3 aromatic carbocycles. The average molecular weight is 342 g/mol. The van der Waals surface area contributed by atoms with Gasteiger partial charge in [-0.3, -0.25) is 0 Å².